The first-order chi connectivity index (χ1) is 14.6. The Balaban J connectivity index is 1.34. The first-order valence-electron chi connectivity index (χ1n) is 10.7. The van der Waals surface area contributed by atoms with Gasteiger partial charge in [0, 0.05) is 44.3 Å². The van der Waals surface area contributed by atoms with Crippen LogP contribution in [0.5, 0.6) is 0 Å². The zero-order chi connectivity index (χ0) is 21.6. The van der Waals surface area contributed by atoms with Crippen molar-refractivity contribution in [1.29, 1.82) is 0 Å². The van der Waals surface area contributed by atoms with Crippen LogP contribution in [-0.2, 0) is 28.6 Å². The summed E-state index contributed by atoms with van der Waals surface area (Å²) in [5.41, 5.74) is 0. The maximum atomic E-state index is 11.9. The van der Waals surface area contributed by atoms with Crippen LogP contribution >= 0.6 is 11.8 Å². The highest BCUT2D eigenvalue weighted by molar-refractivity contribution is 8.00. The summed E-state index contributed by atoms with van der Waals surface area (Å²) < 4.78 is 15.4. The summed E-state index contributed by atoms with van der Waals surface area (Å²) in [6.45, 7) is 2.72. The lowest BCUT2D eigenvalue weighted by molar-refractivity contribution is -0.125. The van der Waals surface area contributed by atoms with Crippen molar-refractivity contribution in [2.45, 2.75) is 43.4 Å². The largest absolute Gasteiger partial charge is 0.377 e. The van der Waals surface area contributed by atoms with Gasteiger partial charge in [0.1, 0.15) is 6.61 Å². The number of thioether (sulfide) groups is 1. The fourth-order valence-corrected chi connectivity index (χ4v) is 5.30. The van der Waals surface area contributed by atoms with Gasteiger partial charge in [0.15, 0.2) is 0 Å². The number of unbranched alkanes of at least 4 members (excludes halogenated alkanes) is 1. The summed E-state index contributed by atoms with van der Waals surface area (Å²) in [6, 6.07) is 0.340. The molecule has 2 aliphatic rings. The zero-order valence-corrected chi connectivity index (χ0v) is 18.6. The molecule has 0 bridgehead atoms. The van der Waals surface area contributed by atoms with Crippen LogP contribution in [0.25, 0.3) is 0 Å². The number of carbonyl (C=O) groups is 3. The van der Waals surface area contributed by atoms with E-state index >= 15 is 0 Å². The molecule has 3 unspecified atom stereocenters. The first-order valence-corrected chi connectivity index (χ1v) is 11.7. The summed E-state index contributed by atoms with van der Waals surface area (Å²) >= 11 is 1.96. The Hall–Kier alpha value is -1.36. The second-order valence-corrected chi connectivity index (χ2v) is 8.80. The van der Waals surface area contributed by atoms with Gasteiger partial charge in [-0.1, -0.05) is 6.42 Å². The Morgan fingerprint density at radius 3 is 2.47 bits per heavy atom. The molecule has 0 aliphatic carbocycles. The summed E-state index contributed by atoms with van der Waals surface area (Å²) in [6.07, 6.45) is 4.12. The van der Waals surface area contributed by atoms with Gasteiger partial charge in [-0.3, -0.25) is 14.4 Å². The van der Waals surface area contributed by atoms with Crippen LogP contribution in [0.3, 0.4) is 0 Å². The average Bonchev–Trinajstić information content (AvgIpc) is 3.26. The molecule has 0 aromatic rings. The fourth-order valence-electron chi connectivity index (χ4n) is 3.65. The zero-order valence-electron chi connectivity index (χ0n) is 17.8. The van der Waals surface area contributed by atoms with Crippen molar-refractivity contribution in [1.82, 2.24) is 16.0 Å². The highest BCUT2D eigenvalue weighted by atomic mass is 32.2. The van der Waals surface area contributed by atoms with E-state index in [4.69, 9.17) is 14.2 Å². The van der Waals surface area contributed by atoms with E-state index in [0.29, 0.717) is 69.6 Å². The quantitative estimate of drug-likeness (QED) is 0.288. The molecule has 3 atom stereocenters. The van der Waals surface area contributed by atoms with E-state index in [9.17, 15) is 14.4 Å². The summed E-state index contributed by atoms with van der Waals surface area (Å²) in [7, 11) is 1.47. The van der Waals surface area contributed by atoms with Gasteiger partial charge < -0.3 is 30.2 Å². The van der Waals surface area contributed by atoms with Gasteiger partial charge >= 0.3 is 0 Å². The lowest BCUT2D eigenvalue weighted by atomic mass is 9.97. The van der Waals surface area contributed by atoms with Crippen molar-refractivity contribution < 1.29 is 28.6 Å². The Bertz CT molecular complexity index is 551. The van der Waals surface area contributed by atoms with E-state index in [1.165, 1.54) is 7.11 Å². The molecule has 0 aromatic heterocycles. The molecule has 2 heterocycles. The molecule has 0 spiro atoms. The van der Waals surface area contributed by atoms with Gasteiger partial charge in [0.25, 0.3) is 0 Å². The van der Waals surface area contributed by atoms with Crippen molar-refractivity contribution in [3.8, 4) is 0 Å². The second-order valence-electron chi connectivity index (χ2n) is 7.53. The predicted molar refractivity (Wildman–Crippen MR) is 114 cm³/mol. The molecule has 9 nitrogen and oxygen atoms in total. The number of amides is 3. The van der Waals surface area contributed by atoms with Crippen LogP contribution in [0, 0.1) is 5.92 Å². The number of fused-ring (bicyclic) bond motifs is 1. The molecular formula is C20H35N3O6S. The van der Waals surface area contributed by atoms with E-state index in [1.54, 1.807) is 0 Å². The fraction of sp³-hybridized carbons (Fsp3) is 0.850. The Kier molecular flexibility index (Phi) is 12.1. The topological polar surface area (TPSA) is 115 Å². The Morgan fingerprint density at radius 2 is 1.77 bits per heavy atom. The molecule has 172 valence electrons. The molecule has 0 saturated carbocycles. The first kappa shape index (κ1) is 24.9. The number of rotatable bonds is 16. The van der Waals surface area contributed by atoms with Gasteiger partial charge in [-0.15, -0.1) is 0 Å². The van der Waals surface area contributed by atoms with E-state index in [2.05, 4.69) is 16.0 Å². The van der Waals surface area contributed by atoms with E-state index in [0.717, 1.165) is 25.0 Å². The number of nitrogens with one attached hydrogen (secondary N) is 3. The average molecular weight is 446 g/mol. The third-order valence-electron chi connectivity index (χ3n) is 5.14. The third-order valence-corrected chi connectivity index (χ3v) is 6.71. The number of hydrogen-bond donors (Lipinski definition) is 3. The van der Waals surface area contributed by atoms with Crippen molar-refractivity contribution in [3.63, 3.8) is 0 Å². The van der Waals surface area contributed by atoms with Crippen molar-refractivity contribution >= 4 is 29.5 Å². The molecule has 10 heteroatoms. The van der Waals surface area contributed by atoms with Gasteiger partial charge in [-0.2, -0.15) is 11.8 Å². The molecule has 3 amide bonds. The molecule has 0 radical (unpaired) electrons. The van der Waals surface area contributed by atoms with Crippen LogP contribution in [0.1, 0.15) is 32.1 Å². The number of ether oxygens (including phenoxy) is 3. The smallest absolute Gasteiger partial charge is 0.246 e. The standard InChI is InChI=1S/C20H35N3O6S/c1-27-13-19(26)22-7-9-29-11-10-28-8-6-21-17(24)5-3-2-4-16-20-15(14-30-16)12-18(25)23-20/h15-16,20H,2-14H2,1H3,(H,21,24)(H,22,26)(H,23,25). The lowest BCUT2D eigenvalue weighted by Gasteiger charge is -2.17. The van der Waals surface area contributed by atoms with Gasteiger partial charge in [0.2, 0.25) is 17.7 Å². The minimum absolute atomic E-state index is 0.0489. The van der Waals surface area contributed by atoms with Crippen LogP contribution in [-0.4, -0.2) is 88.0 Å². The molecule has 3 N–H and O–H groups in total. The number of methoxy groups -OCH3 is 1. The van der Waals surface area contributed by atoms with Crippen LogP contribution in [0.4, 0.5) is 0 Å². The highest BCUT2D eigenvalue weighted by Gasteiger charge is 2.42. The number of carbonyl (C=O) groups excluding carboxylic acids is 3. The summed E-state index contributed by atoms with van der Waals surface area (Å²) in [5.74, 6) is 1.65. The maximum absolute atomic E-state index is 11.9. The number of hydrogen-bond acceptors (Lipinski definition) is 7. The molecule has 0 aromatic carbocycles. The molecule has 2 saturated heterocycles. The highest BCUT2D eigenvalue weighted by Crippen LogP contribution is 2.39. The van der Waals surface area contributed by atoms with Crippen LogP contribution in [0.2, 0.25) is 0 Å². The van der Waals surface area contributed by atoms with Crippen molar-refractivity contribution in [2.75, 3.05) is 59.0 Å². The SMILES string of the molecule is COCC(=O)NCCOCCOCCNC(=O)CCCCC1SCC2CC(=O)NC21. The van der Waals surface area contributed by atoms with E-state index in [1.807, 2.05) is 11.8 Å². The summed E-state index contributed by atoms with van der Waals surface area (Å²) in [4.78, 5) is 34.5. The minimum atomic E-state index is -0.165. The molecular weight excluding hydrogens is 410 g/mol. The van der Waals surface area contributed by atoms with Crippen LogP contribution < -0.4 is 16.0 Å². The normalized spacial score (nSPS) is 22.6. The lowest BCUT2D eigenvalue weighted by Crippen LogP contribution is -2.34. The minimum Gasteiger partial charge on any atom is -0.377 e. The maximum Gasteiger partial charge on any atom is 0.246 e. The van der Waals surface area contributed by atoms with Gasteiger partial charge in [0.05, 0.1) is 26.4 Å². The molecule has 2 rings (SSSR count). The van der Waals surface area contributed by atoms with E-state index < -0.39 is 0 Å². The molecule has 2 aliphatic heterocycles. The van der Waals surface area contributed by atoms with Crippen LogP contribution in [0.15, 0.2) is 0 Å². The Labute approximate surface area is 182 Å². The van der Waals surface area contributed by atoms with E-state index in [-0.39, 0.29) is 24.3 Å². The van der Waals surface area contributed by atoms with Gasteiger partial charge in [-0.25, -0.2) is 0 Å². The molecule has 30 heavy (non-hydrogen) atoms. The summed E-state index contributed by atoms with van der Waals surface area (Å²) in [5, 5.41) is 9.13. The van der Waals surface area contributed by atoms with Gasteiger partial charge in [-0.05, 0) is 24.5 Å². The third kappa shape index (κ3) is 9.63. The second kappa shape index (κ2) is 14.6. The van der Waals surface area contributed by atoms with Crippen molar-refractivity contribution in [3.05, 3.63) is 0 Å². The predicted octanol–water partition coefficient (Wildman–Crippen LogP) is 0.0789. The van der Waals surface area contributed by atoms with Crippen molar-refractivity contribution in [2.24, 2.45) is 5.92 Å². The Morgan fingerprint density at radius 1 is 1.07 bits per heavy atom. The monoisotopic (exact) mass is 445 g/mol. The molecule has 2 fully saturated rings.